The SMILES string of the molecule is Cc1cc(F)cc(C(=O)NCC2CCN(CCN(C)C(=O)C3(C(F)(F)F)CC3)CC2)c1. The van der Waals surface area contributed by atoms with Gasteiger partial charge in [-0.3, -0.25) is 9.59 Å². The number of likely N-dealkylation sites (tertiary alicyclic amines) is 1. The van der Waals surface area contributed by atoms with Gasteiger partial charge in [0.2, 0.25) is 5.91 Å². The first-order valence-electron chi connectivity index (χ1n) is 10.6. The minimum atomic E-state index is -4.48. The zero-order valence-electron chi connectivity index (χ0n) is 17.9. The number of hydrogen-bond acceptors (Lipinski definition) is 3. The number of nitrogens with one attached hydrogen (secondary N) is 1. The monoisotopic (exact) mass is 443 g/mol. The van der Waals surface area contributed by atoms with E-state index in [0.717, 1.165) is 25.9 Å². The number of carbonyl (C=O) groups excluding carboxylic acids is 2. The molecule has 1 saturated heterocycles. The number of rotatable bonds is 7. The van der Waals surface area contributed by atoms with Gasteiger partial charge < -0.3 is 15.1 Å². The average Bonchev–Trinajstić information content (AvgIpc) is 3.52. The van der Waals surface area contributed by atoms with Crippen LogP contribution < -0.4 is 5.32 Å². The molecule has 5 nitrogen and oxygen atoms in total. The van der Waals surface area contributed by atoms with Crippen LogP contribution in [0.15, 0.2) is 18.2 Å². The zero-order valence-corrected chi connectivity index (χ0v) is 17.9. The van der Waals surface area contributed by atoms with Gasteiger partial charge in [-0.15, -0.1) is 0 Å². The van der Waals surface area contributed by atoms with Gasteiger partial charge in [-0.25, -0.2) is 4.39 Å². The first-order chi connectivity index (χ1) is 14.5. The Labute approximate surface area is 179 Å². The Morgan fingerprint density at radius 2 is 1.84 bits per heavy atom. The predicted molar refractivity (Wildman–Crippen MR) is 108 cm³/mol. The maximum Gasteiger partial charge on any atom is 0.403 e. The second-order valence-electron chi connectivity index (χ2n) is 8.82. The molecule has 3 rings (SSSR count). The van der Waals surface area contributed by atoms with Crippen LogP contribution in [-0.2, 0) is 4.79 Å². The van der Waals surface area contributed by atoms with Gasteiger partial charge >= 0.3 is 6.18 Å². The zero-order chi connectivity index (χ0) is 22.8. The molecular formula is C22H29F4N3O2. The van der Waals surface area contributed by atoms with Crippen molar-refractivity contribution in [3.63, 3.8) is 0 Å². The highest BCUT2D eigenvalue weighted by Crippen LogP contribution is 2.58. The molecule has 2 aliphatic rings. The topological polar surface area (TPSA) is 52.7 Å². The summed E-state index contributed by atoms with van der Waals surface area (Å²) in [4.78, 5) is 27.8. The summed E-state index contributed by atoms with van der Waals surface area (Å²) in [6.45, 7) is 4.52. The summed E-state index contributed by atoms with van der Waals surface area (Å²) in [5, 5.41) is 2.86. The molecule has 0 spiro atoms. The van der Waals surface area contributed by atoms with Crippen molar-refractivity contribution in [1.82, 2.24) is 15.1 Å². The number of likely N-dealkylation sites (N-methyl/N-ethyl adjacent to an activating group) is 1. The van der Waals surface area contributed by atoms with Crippen molar-refractivity contribution in [2.24, 2.45) is 11.3 Å². The number of benzene rings is 1. The highest BCUT2D eigenvalue weighted by atomic mass is 19.4. The van der Waals surface area contributed by atoms with Crippen molar-refractivity contribution in [3.05, 3.63) is 35.1 Å². The van der Waals surface area contributed by atoms with Gasteiger partial charge in [-0.1, -0.05) is 0 Å². The summed E-state index contributed by atoms with van der Waals surface area (Å²) in [5.41, 5.74) is -1.17. The van der Waals surface area contributed by atoms with Crippen LogP contribution in [0.2, 0.25) is 0 Å². The minimum Gasteiger partial charge on any atom is -0.352 e. The molecule has 9 heteroatoms. The number of nitrogens with zero attached hydrogens (tertiary/aromatic N) is 2. The molecule has 172 valence electrons. The largest absolute Gasteiger partial charge is 0.403 e. The molecule has 1 aromatic carbocycles. The minimum absolute atomic E-state index is 0.119. The molecule has 0 aromatic heterocycles. The molecular weight excluding hydrogens is 414 g/mol. The number of halogens is 4. The lowest BCUT2D eigenvalue weighted by atomic mass is 9.96. The van der Waals surface area contributed by atoms with E-state index in [9.17, 15) is 27.2 Å². The number of aryl methyl sites for hydroxylation is 1. The lowest BCUT2D eigenvalue weighted by Crippen LogP contribution is -2.46. The predicted octanol–water partition coefficient (Wildman–Crippen LogP) is 3.38. The first-order valence-corrected chi connectivity index (χ1v) is 10.6. The van der Waals surface area contributed by atoms with Gasteiger partial charge in [0.15, 0.2) is 0 Å². The lowest BCUT2D eigenvalue weighted by Gasteiger charge is -2.33. The van der Waals surface area contributed by atoms with Crippen LogP contribution in [0.3, 0.4) is 0 Å². The summed E-state index contributed by atoms with van der Waals surface area (Å²) in [6.07, 6.45) is -3.04. The molecule has 0 bridgehead atoms. The number of amides is 2. The van der Waals surface area contributed by atoms with Gasteiger partial charge in [0, 0.05) is 32.2 Å². The van der Waals surface area contributed by atoms with Crippen LogP contribution in [0, 0.1) is 24.1 Å². The van der Waals surface area contributed by atoms with E-state index in [0.29, 0.717) is 24.2 Å². The molecule has 0 atom stereocenters. The second kappa shape index (κ2) is 9.14. The maximum atomic E-state index is 13.5. The van der Waals surface area contributed by atoms with E-state index < -0.39 is 23.3 Å². The summed E-state index contributed by atoms with van der Waals surface area (Å²) in [7, 11) is 1.44. The third kappa shape index (κ3) is 5.56. The highest BCUT2D eigenvalue weighted by molar-refractivity contribution is 5.94. The van der Waals surface area contributed by atoms with Crippen molar-refractivity contribution >= 4 is 11.8 Å². The molecule has 1 saturated carbocycles. The molecule has 1 aliphatic heterocycles. The van der Waals surface area contributed by atoms with Crippen LogP contribution in [0.5, 0.6) is 0 Å². The fraction of sp³-hybridized carbons (Fsp3) is 0.636. The molecule has 31 heavy (non-hydrogen) atoms. The van der Waals surface area contributed by atoms with Crippen molar-refractivity contribution in [3.8, 4) is 0 Å². The van der Waals surface area contributed by atoms with E-state index in [4.69, 9.17) is 0 Å². The van der Waals surface area contributed by atoms with Crippen LogP contribution >= 0.6 is 0 Å². The highest BCUT2D eigenvalue weighted by Gasteiger charge is 2.69. The Morgan fingerprint density at radius 1 is 1.19 bits per heavy atom. The van der Waals surface area contributed by atoms with Crippen molar-refractivity contribution in [1.29, 1.82) is 0 Å². The van der Waals surface area contributed by atoms with Crippen molar-refractivity contribution in [2.75, 3.05) is 39.8 Å². The Hall–Kier alpha value is -2.16. The number of alkyl halides is 3. The van der Waals surface area contributed by atoms with Crippen LogP contribution in [0.1, 0.15) is 41.6 Å². The van der Waals surface area contributed by atoms with E-state index in [-0.39, 0.29) is 31.2 Å². The molecule has 2 fully saturated rings. The van der Waals surface area contributed by atoms with Crippen molar-refractivity contribution in [2.45, 2.75) is 38.8 Å². The second-order valence-corrected chi connectivity index (χ2v) is 8.82. The quantitative estimate of drug-likeness (QED) is 0.658. The van der Waals surface area contributed by atoms with E-state index in [2.05, 4.69) is 10.2 Å². The summed E-state index contributed by atoms with van der Waals surface area (Å²) >= 11 is 0. The summed E-state index contributed by atoms with van der Waals surface area (Å²) in [6, 6.07) is 4.22. The molecule has 2 amide bonds. The average molecular weight is 443 g/mol. The third-order valence-electron chi connectivity index (χ3n) is 6.36. The van der Waals surface area contributed by atoms with Gasteiger partial charge in [-0.05, 0) is 75.4 Å². The number of piperidine rings is 1. The van der Waals surface area contributed by atoms with Gasteiger partial charge in [0.1, 0.15) is 11.2 Å². The Bertz CT molecular complexity index is 795. The smallest absolute Gasteiger partial charge is 0.352 e. The molecule has 0 unspecified atom stereocenters. The third-order valence-corrected chi connectivity index (χ3v) is 6.36. The molecule has 1 aliphatic carbocycles. The van der Waals surface area contributed by atoms with Gasteiger partial charge in [-0.2, -0.15) is 13.2 Å². The normalized spacial score (nSPS) is 19.2. The summed E-state index contributed by atoms with van der Waals surface area (Å²) in [5.74, 6) is -1.28. The van der Waals surface area contributed by atoms with E-state index in [1.807, 2.05) is 0 Å². The fourth-order valence-corrected chi connectivity index (χ4v) is 4.12. The first kappa shape index (κ1) is 23.5. The Morgan fingerprint density at radius 3 is 2.39 bits per heavy atom. The van der Waals surface area contributed by atoms with Crippen molar-refractivity contribution < 1.29 is 27.2 Å². The maximum absolute atomic E-state index is 13.5. The number of hydrogen-bond donors (Lipinski definition) is 1. The van der Waals surface area contributed by atoms with E-state index in [1.165, 1.54) is 24.1 Å². The van der Waals surface area contributed by atoms with Crippen LogP contribution in [-0.4, -0.2) is 67.6 Å². The molecule has 1 N–H and O–H groups in total. The standard InChI is InChI=1S/C22H29F4N3O2/c1-15-11-17(13-18(23)12-15)19(30)27-14-16-3-7-29(8-4-16)10-9-28(2)20(31)21(5-6-21)22(24,25)26/h11-13,16H,3-10,14H2,1-2H3,(H,27,30). The van der Waals surface area contributed by atoms with E-state index in [1.54, 1.807) is 13.0 Å². The molecule has 0 radical (unpaired) electrons. The fourth-order valence-electron chi connectivity index (χ4n) is 4.12. The van der Waals surface area contributed by atoms with E-state index >= 15 is 0 Å². The Balaban J connectivity index is 1.38. The number of carbonyl (C=O) groups is 2. The van der Waals surface area contributed by atoms with Crippen LogP contribution in [0.4, 0.5) is 17.6 Å². The van der Waals surface area contributed by atoms with Crippen LogP contribution in [0.25, 0.3) is 0 Å². The summed E-state index contributed by atoms with van der Waals surface area (Å²) < 4.78 is 52.8. The molecule has 1 aromatic rings. The molecule has 1 heterocycles. The Kier molecular flexibility index (Phi) is 6.93. The van der Waals surface area contributed by atoms with Gasteiger partial charge in [0.25, 0.3) is 5.91 Å². The van der Waals surface area contributed by atoms with Gasteiger partial charge in [0.05, 0.1) is 0 Å². The lowest BCUT2D eigenvalue weighted by molar-refractivity contribution is -0.197.